The summed E-state index contributed by atoms with van der Waals surface area (Å²) < 4.78 is 0. The van der Waals surface area contributed by atoms with Crippen molar-refractivity contribution in [2.45, 2.75) is 76.4 Å². The molecule has 2 heteroatoms. The van der Waals surface area contributed by atoms with Crippen LogP contribution in [0, 0.1) is 0 Å². The minimum absolute atomic E-state index is 0.483. The second kappa shape index (κ2) is 9.09. The van der Waals surface area contributed by atoms with Crippen LogP contribution < -0.4 is 0 Å². The highest BCUT2D eigenvalue weighted by Gasteiger charge is 2.18. The van der Waals surface area contributed by atoms with E-state index in [4.69, 9.17) is 0 Å². The molecule has 0 aromatic carbocycles. The zero-order chi connectivity index (χ0) is 11.6. The average Bonchev–Trinajstić information content (AvgIpc) is 2.30. The zero-order valence-electron chi connectivity index (χ0n) is 10.7. The van der Waals surface area contributed by atoms with Gasteiger partial charge >= 0.3 is 0 Å². The van der Waals surface area contributed by atoms with Crippen LogP contribution in [0.1, 0.15) is 71.1 Å². The Bertz CT molecular complexity index is 181. The minimum atomic E-state index is 0.483. The minimum Gasteiger partial charge on any atom is -0.300 e. The number of carbonyl (C=O) groups is 1. The third-order valence-corrected chi connectivity index (χ3v) is 4.81. The second-order valence-corrected chi connectivity index (χ2v) is 6.28. The summed E-state index contributed by atoms with van der Waals surface area (Å²) >= 11 is 2.11. The lowest BCUT2D eigenvalue weighted by Gasteiger charge is -2.20. The molecule has 0 spiro atoms. The fourth-order valence-corrected chi connectivity index (χ4v) is 3.49. The molecule has 94 valence electrons. The molecule has 1 aliphatic rings. The predicted octanol–water partition coefficient (Wildman–Crippen LogP) is 4.59. The smallest absolute Gasteiger partial charge is 0.132 e. The Balaban J connectivity index is 1.85. The van der Waals surface area contributed by atoms with Crippen LogP contribution >= 0.6 is 11.8 Å². The van der Waals surface area contributed by atoms with Crippen molar-refractivity contribution in [2.75, 3.05) is 5.75 Å². The van der Waals surface area contributed by atoms with Crippen LogP contribution in [-0.4, -0.2) is 16.8 Å². The number of unbranched alkanes of at least 4 members (excludes halogenated alkanes) is 5. The molecule has 16 heavy (non-hydrogen) atoms. The lowest BCUT2D eigenvalue weighted by Crippen LogP contribution is -2.15. The molecular formula is C14H26OS. The van der Waals surface area contributed by atoms with Crippen molar-refractivity contribution in [2.24, 2.45) is 0 Å². The summed E-state index contributed by atoms with van der Waals surface area (Å²) in [5, 5.41) is 0.786. The van der Waals surface area contributed by atoms with Crippen LogP contribution in [0.4, 0.5) is 0 Å². The summed E-state index contributed by atoms with van der Waals surface area (Å²) in [5.74, 6) is 1.79. The number of hydrogen-bond acceptors (Lipinski definition) is 2. The molecule has 0 heterocycles. The number of hydrogen-bond donors (Lipinski definition) is 0. The summed E-state index contributed by atoms with van der Waals surface area (Å²) in [4.78, 5) is 11.1. The largest absolute Gasteiger partial charge is 0.300 e. The Morgan fingerprint density at radius 3 is 2.38 bits per heavy atom. The number of Topliss-reactive ketones (excluding diaryl/α,β-unsaturated/α-hetero) is 1. The molecule has 0 aliphatic heterocycles. The lowest BCUT2D eigenvalue weighted by molar-refractivity contribution is -0.120. The van der Waals surface area contributed by atoms with Crippen LogP contribution in [0.15, 0.2) is 0 Å². The summed E-state index contributed by atoms with van der Waals surface area (Å²) in [6, 6.07) is 0. The molecule has 0 atom stereocenters. The fourth-order valence-electron chi connectivity index (χ4n) is 2.21. The highest BCUT2D eigenvalue weighted by Crippen LogP contribution is 2.27. The van der Waals surface area contributed by atoms with E-state index in [9.17, 15) is 4.79 Å². The van der Waals surface area contributed by atoms with E-state index >= 15 is 0 Å². The fraction of sp³-hybridized carbons (Fsp3) is 0.929. The summed E-state index contributed by atoms with van der Waals surface area (Å²) in [7, 11) is 0. The number of rotatable bonds is 8. The first kappa shape index (κ1) is 14.1. The van der Waals surface area contributed by atoms with Gasteiger partial charge in [-0.3, -0.25) is 4.79 Å². The van der Waals surface area contributed by atoms with Gasteiger partial charge in [0.15, 0.2) is 0 Å². The van der Waals surface area contributed by atoms with Gasteiger partial charge in [-0.05, 0) is 25.0 Å². The molecular weight excluding hydrogens is 216 g/mol. The Kier molecular flexibility index (Phi) is 8.00. The predicted molar refractivity (Wildman–Crippen MR) is 73.1 cm³/mol. The van der Waals surface area contributed by atoms with Crippen molar-refractivity contribution >= 4 is 17.5 Å². The standard InChI is InChI=1S/C14H26OS/c1-2-3-4-5-6-7-12-16-14-10-8-13(15)9-11-14/h14H,2-12H2,1H3. The van der Waals surface area contributed by atoms with Gasteiger partial charge in [-0.15, -0.1) is 0 Å². The highest BCUT2D eigenvalue weighted by atomic mass is 32.2. The maximum atomic E-state index is 11.1. The van der Waals surface area contributed by atoms with Gasteiger partial charge in [0.05, 0.1) is 0 Å². The van der Waals surface area contributed by atoms with Crippen molar-refractivity contribution in [1.82, 2.24) is 0 Å². The Labute approximate surface area is 105 Å². The monoisotopic (exact) mass is 242 g/mol. The van der Waals surface area contributed by atoms with Crippen LogP contribution in [0.5, 0.6) is 0 Å². The van der Waals surface area contributed by atoms with Gasteiger partial charge in [0.25, 0.3) is 0 Å². The third kappa shape index (κ3) is 6.57. The van der Waals surface area contributed by atoms with Gasteiger partial charge in [-0.1, -0.05) is 39.0 Å². The van der Waals surface area contributed by atoms with Crippen molar-refractivity contribution in [3.63, 3.8) is 0 Å². The van der Waals surface area contributed by atoms with E-state index in [0.717, 1.165) is 30.9 Å². The topological polar surface area (TPSA) is 17.1 Å². The van der Waals surface area contributed by atoms with Crippen molar-refractivity contribution in [3.8, 4) is 0 Å². The maximum absolute atomic E-state index is 11.1. The molecule has 0 bridgehead atoms. The molecule has 1 fully saturated rings. The van der Waals surface area contributed by atoms with Gasteiger partial charge in [0.1, 0.15) is 5.78 Å². The Morgan fingerprint density at radius 2 is 1.69 bits per heavy atom. The molecule has 0 aromatic heterocycles. The molecule has 1 aliphatic carbocycles. The molecule has 0 aromatic rings. The van der Waals surface area contributed by atoms with Gasteiger partial charge < -0.3 is 0 Å². The third-order valence-electron chi connectivity index (χ3n) is 3.34. The molecule has 1 rings (SSSR count). The van der Waals surface area contributed by atoms with Crippen LogP contribution in [0.3, 0.4) is 0 Å². The SMILES string of the molecule is CCCCCCCCSC1CCC(=O)CC1. The quantitative estimate of drug-likeness (QED) is 0.579. The molecule has 0 radical (unpaired) electrons. The van der Waals surface area contributed by atoms with Gasteiger partial charge in [-0.2, -0.15) is 11.8 Å². The lowest BCUT2D eigenvalue weighted by atomic mass is 9.99. The van der Waals surface area contributed by atoms with E-state index in [1.165, 1.54) is 44.3 Å². The van der Waals surface area contributed by atoms with Crippen molar-refractivity contribution in [1.29, 1.82) is 0 Å². The first-order valence-corrected chi connectivity index (χ1v) is 8.01. The molecule has 0 saturated heterocycles. The first-order valence-electron chi connectivity index (χ1n) is 6.96. The Morgan fingerprint density at radius 1 is 1.06 bits per heavy atom. The van der Waals surface area contributed by atoms with E-state index in [2.05, 4.69) is 18.7 Å². The van der Waals surface area contributed by atoms with Crippen molar-refractivity contribution in [3.05, 3.63) is 0 Å². The van der Waals surface area contributed by atoms with Crippen LogP contribution in [0.25, 0.3) is 0 Å². The molecule has 1 nitrogen and oxygen atoms in total. The molecule has 0 N–H and O–H groups in total. The van der Waals surface area contributed by atoms with Gasteiger partial charge in [-0.25, -0.2) is 0 Å². The maximum Gasteiger partial charge on any atom is 0.132 e. The number of ketones is 1. The normalized spacial score (nSPS) is 17.9. The van der Waals surface area contributed by atoms with E-state index in [1.807, 2.05) is 0 Å². The van der Waals surface area contributed by atoms with Crippen LogP contribution in [-0.2, 0) is 4.79 Å². The second-order valence-electron chi connectivity index (χ2n) is 4.88. The molecule has 0 unspecified atom stereocenters. The van der Waals surface area contributed by atoms with E-state index in [0.29, 0.717) is 5.78 Å². The Hall–Kier alpha value is 0.0200. The van der Waals surface area contributed by atoms with Gasteiger partial charge in [0, 0.05) is 18.1 Å². The molecule has 0 amide bonds. The zero-order valence-corrected chi connectivity index (χ0v) is 11.5. The van der Waals surface area contributed by atoms with Crippen LogP contribution in [0.2, 0.25) is 0 Å². The summed E-state index contributed by atoms with van der Waals surface area (Å²) in [5.41, 5.74) is 0. The highest BCUT2D eigenvalue weighted by molar-refractivity contribution is 7.99. The number of carbonyl (C=O) groups excluding carboxylic acids is 1. The van der Waals surface area contributed by atoms with Crippen molar-refractivity contribution < 1.29 is 4.79 Å². The summed E-state index contributed by atoms with van der Waals surface area (Å²) in [6.07, 6.45) is 12.3. The summed E-state index contributed by atoms with van der Waals surface area (Å²) in [6.45, 7) is 2.26. The number of thioether (sulfide) groups is 1. The van der Waals surface area contributed by atoms with E-state index in [-0.39, 0.29) is 0 Å². The average molecular weight is 242 g/mol. The molecule has 1 saturated carbocycles. The van der Waals surface area contributed by atoms with E-state index < -0.39 is 0 Å². The first-order chi connectivity index (χ1) is 7.83. The van der Waals surface area contributed by atoms with Gasteiger partial charge in [0.2, 0.25) is 0 Å². The van der Waals surface area contributed by atoms with E-state index in [1.54, 1.807) is 0 Å².